The Hall–Kier alpha value is -7.08. The van der Waals surface area contributed by atoms with Gasteiger partial charge < -0.3 is 4.42 Å². The Balaban J connectivity index is 1.22. The predicted octanol–water partition coefficient (Wildman–Crippen LogP) is 14.1. The Morgan fingerprint density at radius 3 is 1.93 bits per heavy atom. The summed E-state index contributed by atoms with van der Waals surface area (Å²) in [6.07, 6.45) is 0. The molecule has 13 aromatic rings. The zero-order valence-corrected chi connectivity index (χ0v) is 30.1. The molecule has 9 aromatic carbocycles. The second-order valence-corrected chi connectivity index (χ2v) is 15.5. The fraction of sp³-hybridized carbons (Fsp3) is 0. The number of benzene rings is 9. The maximum atomic E-state index is 6.65. The third-order valence-corrected chi connectivity index (χ3v) is 12.7. The molecule has 55 heavy (non-hydrogen) atoms. The summed E-state index contributed by atoms with van der Waals surface area (Å²) in [6, 6.07) is 58.9. The molecule has 0 saturated heterocycles. The van der Waals surface area contributed by atoms with Gasteiger partial charge in [-0.05, 0) is 68.7 Å². The smallest absolute Gasteiger partial charge is 0.236 e. The van der Waals surface area contributed by atoms with Crippen LogP contribution >= 0.6 is 11.3 Å². The first kappa shape index (κ1) is 29.4. The van der Waals surface area contributed by atoms with Gasteiger partial charge in [-0.2, -0.15) is 0 Å². The molecule has 0 radical (unpaired) electrons. The summed E-state index contributed by atoms with van der Waals surface area (Å²) in [5.74, 6) is 0.616. The number of furan rings is 1. The van der Waals surface area contributed by atoms with Crippen LogP contribution in [-0.4, -0.2) is 14.5 Å². The van der Waals surface area contributed by atoms with Crippen LogP contribution in [0.3, 0.4) is 0 Å². The molecule has 0 aliphatic heterocycles. The first-order chi connectivity index (χ1) is 27.3. The molecular formula is C50H27N3OS. The summed E-state index contributed by atoms with van der Waals surface area (Å²) in [4.78, 5) is 11.0. The Kier molecular flexibility index (Phi) is 5.74. The van der Waals surface area contributed by atoms with E-state index in [1.165, 1.54) is 68.6 Å². The maximum Gasteiger partial charge on any atom is 0.236 e. The molecular weight excluding hydrogens is 691 g/mol. The lowest BCUT2D eigenvalue weighted by Crippen LogP contribution is -2.03. The number of thiophene rings is 1. The van der Waals surface area contributed by atoms with Crippen molar-refractivity contribution in [1.29, 1.82) is 0 Å². The molecule has 0 spiro atoms. The topological polar surface area (TPSA) is 43.9 Å². The first-order valence-electron chi connectivity index (χ1n) is 18.6. The molecule has 254 valence electrons. The molecule has 0 fully saturated rings. The number of para-hydroxylation sites is 1. The van der Waals surface area contributed by atoms with Gasteiger partial charge in [0.05, 0.1) is 11.0 Å². The van der Waals surface area contributed by atoms with Crippen molar-refractivity contribution in [2.75, 3.05) is 0 Å². The monoisotopic (exact) mass is 717 g/mol. The van der Waals surface area contributed by atoms with E-state index < -0.39 is 0 Å². The molecule has 0 atom stereocenters. The van der Waals surface area contributed by atoms with E-state index >= 15 is 0 Å². The van der Waals surface area contributed by atoms with E-state index in [4.69, 9.17) is 14.4 Å². The van der Waals surface area contributed by atoms with Crippen molar-refractivity contribution in [1.82, 2.24) is 14.5 Å². The highest BCUT2D eigenvalue weighted by Crippen LogP contribution is 2.46. The second-order valence-electron chi connectivity index (χ2n) is 14.4. The normalized spacial score (nSPS) is 12.4. The van der Waals surface area contributed by atoms with E-state index in [9.17, 15) is 0 Å². The zero-order valence-electron chi connectivity index (χ0n) is 29.2. The van der Waals surface area contributed by atoms with Gasteiger partial charge in [-0.25, -0.2) is 9.97 Å². The van der Waals surface area contributed by atoms with E-state index in [0.717, 1.165) is 44.2 Å². The molecule has 0 aliphatic carbocycles. The molecule has 0 unspecified atom stereocenters. The molecule has 0 aliphatic rings. The molecule has 4 aromatic heterocycles. The number of hydrogen-bond donors (Lipinski definition) is 0. The summed E-state index contributed by atoms with van der Waals surface area (Å²) in [6.45, 7) is 0. The fourth-order valence-electron chi connectivity index (χ4n) is 9.22. The Bertz CT molecular complexity index is 3760. The summed E-state index contributed by atoms with van der Waals surface area (Å²) in [5.41, 5.74) is 6.23. The minimum Gasteiger partial charge on any atom is -0.452 e. The molecule has 0 bridgehead atoms. The van der Waals surface area contributed by atoms with Crippen LogP contribution in [0.5, 0.6) is 0 Å². The maximum absolute atomic E-state index is 6.65. The van der Waals surface area contributed by atoms with E-state index in [0.29, 0.717) is 11.5 Å². The van der Waals surface area contributed by atoms with Crippen LogP contribution in [0.15, 0.2) is 168 Å². The largest absolute Gasteiger partial charge is 0.452 e. The van der Waals surface area contributed by atoms with Gasteiger partial charge in [0.25, 0.3) is 0 Å². The van der Waals surface area contributed by atoms with E-state index in [1.54, 1.807) is 0 Å². The second kappa shape index (κ2) is 10.8. The summed E-state index contributed by atoms with van der Waals surface area (Å²) < 4.78 is 11.5. The van der Waals surface area contributed by atoms with Crippen LogP contribution in [0, 0.1) is 0 Å². The molecule has 0 saturated carbocycles. The highest BCUT2D eigenvalue weighted by Gasteiger charge is 2.24. The van der Waals surface area contributed by atoms with Gasteiger partial charge in [0, 0.05) is 52.7 Å². The number of hydrogen-bond acceptors (Lipinski definition) is 4. The number of rotatable bonds is 2. The average molecular weight is 718 g/mol. The van der Waals surface area contributed by atoms with E-state index in [-0.39, 0.29) is 0 Å². The van der Waals surface area contributed by atoms with Crippen LogP contribution in [0.2, 0.25) is 0 Å². The first-order valence-corrected chi connectivity index (χ1v) is 19.4. The summed E-state index contributed by atoms with van der Waals surface area (Å²) in [7, 11) is 0. The minimum atomic E-state index is 0.616. The predicted molar refractivity (Wildman–Crippen MR) is 232 cm³/mol. The molecule has 4 heterocycles. The van der Waals surface area contributed by atoms with Gasteiger partial charge in [0.2, 0.25) is 5.95 Å². The lowest BCUT2D eigenvalue weighted by atomic mass is 9.91. The quantitative estimate of drug-likeness (QED) is 0.167. The van der Waals surface area contributed by atoms with Crippen molar-refractivity contribution < 1.29 is 4.42 Å². The molecule has 4 nitrogen and oxygen atoms in total. The van der Waals surface area contributed by atoms with Crippen LogP contribution < -0.4 is 0 Å². The molecule has 0 N–H and O–H groups in total. The van der Waals surface area contributed by atoms with Gasteiger partial charge in [0.1, 0.15) is 16.8 Å². The Morgan fingerprint density at radius 1 is 0.455 bits per heavy atom. The lowest BCUT2D eigenvalue weighted by molar-refractivity contribution is 0.666. The van der Waals surface area contributed by atoms with Crippen molar-refractivity contribution in [3.05, 3.63) is 164 Å². The van der Waals surface area contributed by atoms with Crippen molar-refractivity contribution in [2.24, 2.45) is 0 Å². The zero-order chi connectivity index (χ0) is 35.8. The van der Waals surface area contributed by atoms with Gasteiger partial charge in [-0.1, -0.05) is 127 Å². The van der Waals surface area contributed by atoms with Crippen molar-refractivity contribution in [3.63, 3.8) is 0 Å². The minimum absolute atomic E-state index is 0.616. The molecule has 13 rings (SSSR count). The fourth-order valence-corrected chi connectivity index (χ4v) is 10.3. The molecule has 5 heteroatoms. The standard InChI is InChI=1S/C50H27N3OS/c1-2-12-30-28(11-1)21-23-38-45-40(25-24-36-33-15-4-3-13-31(33)32-14-5-6-17-35(32)44(36)45)53(48(30)38)50-51-46(49-47(52-50)37-18-7-9-19-41(37)54-49)29-22-26-43-39(27-29)34-16-8-10-20-42(34)55-43/h1-27H. The van der Waals surface area contributed by atoms with Crippen molar-refractivity contribution in [2.45, 2.75) is 0 Å². The summed E-state index contributed by atoms with van der Waals surface area (Å²) >= 11 is 1.82. The number of nitrogens with zero attached hydrogens (tertiary/aromatic N) is 3. The van der Waals surface area contributed by atoms with Crippen molar-refractivity contribution >= 4 is 118 Å². The van der Waals surface area contributed by atoms with E-state index in [2.05, 4.69) is 156 Å². The third kappa shape index (κ3) is 3.94. The molecule has 0 amide bonds. The van der Waals surface area contributed by atoms with Crippen molar-refractivity contribution in [3.8, 4) is 17.2 Å². The van der Waals surface area contributed by atoms with Crippen LogP contribution in [-0.2, 0) is 0 Å². The SMILES string of the molecule is c1ccc2c(c1)ccc1c3c4c5ccccc5c5ccccc5c4ccc3n(-c3nc(-c4ccc5sc6ccccc6c5c4)c4oc5ccccc5c4n3)c21. The highest BCUT2D eigenvalue weighted by molar-refractivity contribution is 7.25. The number of fused-ring (bicyclic) bond motifs is 18. The van der Waals surface area contributed by atoms with Gasteiger partial charge in [-0.15, -0.1) is 11.3 Å². The van der Waals surface area contributed by atoms with Gasteiger partial charge in [0.15, 0.2) is 5.58 Å². The van der Waals surface area contributed by atoms with Crippen LogP contribution in [0.4, 0.5) is 0 Å². The Morgan fingerprint density at radius 2 is 1.09 bits per heavy atom. The van der Waals surface area contributed by atoms with Gasteiger partial charge >= 0.3 is 0 Å². The highest BCUT2D eigenvalue weighted by atomic mass is 32.1. The summed E-state index contributed by atoms with van der Waals surface area (Å²) in [5, 5.41) is 15.6. The van der Waals surface area contributed by atoms with E-state index in [1.807, 2.05) is 23.5 Å². The van der Waals surface area contributed by atoms with Gasteiger partial charge in [-0.3, -0.25) is 4.57 Å². The number of aromatic nitrogens is 3. The van der Waals surface area contributed by atoms with Crippen LogP contribution in [0.1, 0.15) is 0 Å². The lowest BCUT2D eigenvalue weighted by Gasteiger charge is -2.13. The Labute approximate surface area is 317 Å². The van der Waals surface area contributed by atoms with Crippen LogP contribution in [0.25, 0.3) is 124 Å². The third-order valence-electron chi connectivity index (χ3n) is 11.6. The average Bonchev–Trinajstić information content (AvgIpc) is 3.93.